The Bertz CT molecular complexity index is 544. The molecule has 1 aliphatic rings. The van der Waals surface area contributed by atoms with E-state index in [0.29, 0.717) is 0 Å². The number of aryl methyl sites for hydroxylation is 1. The number of anilines is 1. The Kier molecular flexibility index (Phi) is 2.87. The summed E-state index contributed by atoms with van der Waals surface area (Å²) in [6.45, 7) is 3.76. The number of rotatable bonds is 2. The standard InChI is InChI=1S/C12H17N5O/c1-2-9-10-11(16-15-9)13-7-14-12(10)17-5-3-8(18)4-6-17/h7-8,18H,2-6H2,1H3,(H,13,14,15,16). The number of aromatic amines is 1. The normalized spacial score (nSPS) is 17.6. The summed E-state index contributed by atoms with van der Waals surface area (Å²) >= 11 is 0. The molecule has 1 aliphatic heterocycles. The summed E-state index contributed by atoms with van der Waals surface area (Å²) in [5.41, 5.74) is 1.80. The predicted octanol–water partition coefficient (Wildman–Crippen LogP) is 0.876. The molecular weight excluding hydrogens is 230 g/mol. The number of hydrogen-bond donors (Lipinski definition) is 2. The third-order valence-corrected chi connectivity index (χ3v) is 3.52. The van der Waals surface area contributed by atoms with E-state index < -0.39 is 0 Å². The van der Waals surface area contributed by atoms with Gasteiger partial charge in [0.05, 0.1) is 11.5 Å². The van der Waals surface area contributed by atoms with Crippen LogP contribution in [0.2, 0.25) is 0 Å². The minimum absolute atomic E-state index is 0.173. The number of piperidine rings is 1. The van der Waals surface area contributed by atoms with Crippen LogP contribution in [-0.4, -0.2) is 44.5 Å². The first kappa shape index (κ1) is 11.4. The molecule has 3 heterocycles. The number of aromatic nitrogens is 4. The van der Waals surface area contributed by atoms with Gasteiger partial charge in [0.25, 0.3) is 0 Å². The fourth-order valence-corrected chi connectivity index (χ4v) is 2.47. The van der Waals surface area contributed by atoms with Gasteiger partial charge in [-0.15, -0.1) is 0 Å². The van der Waals surface area contributed by atoms with E-state index in [0.717, 1.165) is 54.9 Å². The van der Waals surface area contributed by atoms with Gasteiger partial charge in [-0.3, -0.25) is 5.10 Å². The maximum Gasteiger partial charge on any atom is 0.186 e. The Morgan fingerprint density at radius 1 is 1.39 bits per heavy atom. The topological polar surface area (TPSA) is 77.9 Å². The van der Waals surface area contributed by atoms with Gasteiger partial charge >= 0.3 is 0 Å². The monoisotopic (exact) mass is 247 g/mol. The van der Waals surface area contributed by atoms with Crippen molar-refractivity contribution in [2.45, 2.75) is 32.3 Å². The highest BCUT2D eigenvalue weighted by atomic mass is 16.3. The molecule has 3 rings (SSSR count). The molecule has 0 radical (unpaired) electrons. The Labute approximate surface area is 105 Å². The molecule has 6 nitrogen and oxygen atoms in total. The summed E-state index contributed by atoms with van der Waals surface area (Å²) in [5, 5.41) is 17.8. The first-order valence-corrected chi connectivity index (χ1v) is 6.40. The van der Waals surface area contributed by atoms with E-state index in [1.54, 1.807) is 6.33 Å². The van der Waals surface area contributed by atoms with Crippen molar-refractivity contribution in [1.29, 1.82) is 0 Å². The van der Waals surface area contributed by atoms with E-state index in [4.69, 9.17) is 0 Å². The summed E-state index contributed by atoms with van der Waals surface area (Å²) in [4.78, 5) is 10.8. The zero-order chi connectivity index (χ0) is 12.5. The van der Waals surface area contributed by atoms with E-state index in [1.165, 1.54) is 0 Å². The molecule has 0 aromatic carbocycles. The lowest BCUT2D eigenvalue weighted by atomic mass is 10.1. The van der Waals surface area contributed by atoms with Gasteiger partial charge < -0.3 is 10.0 Å². The third kappa shape index (κ3) is 1.82. The highest BCUT2D eigenvalue weighted by Crippen LogP contribution is 2.27. The maximum atomic E-state index is 9.57. The molecule has 2 aromatic rings. The summed E-state index contributed by atoms with van der Waals surface area (Å²) in [5.74, 6) is 0.942. The van der Waals surface area contributed by atoms with Gasteiger partial charge in [-0.05, 0) is 19.3 Å². The molecule has 0 saturated carbocycles. The van der Waals surface area contributed by atoms with Gasteiger partial charge in [-0.2, -0.15) is 5.10 Å². The van der Waals surface area contributed by atoms with Gasteiger partial charge in [0.15, 0.2) is 5.65 Å². The van der Waals surface area contributed by atoms with Crippen molar-refractivity contribution in [3.05, 3.63) is 12.0 Å². The number of nitrogens with one attached hydrogen (secondary N) is 1. The van der Waals surface area contributed by atoms with Crippen molar-refractivity contribution < 1.29 is 5.11 Å². The van der Waals surface area contributed by atoms with Crippen molar-refractivity contribution in [2.24, 2.45) is 0 Å². The lowest BCUT2D eigenvalue weighted by Gasteiger charge is -2.30. The van der Waals surface area contributed by atoms with E-state index in [2.05, 4.69) is 32.0 Å². The lowest BCUT2D eigenvalue weighted by Crippen LogP contribution is -2.36. The Morgan fingerprint density at radius 3 is 2.89 bits per heavy atom. The van der Waals surface area contributed by atoms with Crippen molar-refractivity contribution in [2.75, 3.05) is 18.0 Å². The van der Waals surface area contributed by atoms with Gasteiger partial charge in [-0.25, -0.2) is 9.97 Å². The average Bonchev–Trinajstić information content (AvgIpc) is 2.82. The van der Waals surface area contributed by atoms with E-state index in [9.17, 15) is 5.11 Å². The number of H-pyrrole nitrogens is 1. The second-order valence-corrected chi connectivity index (χ2v) is 4.67. The fraction of sp³-hybridized carbons (Fsp3) is 0.583. The van der Waals surface area contributed by atoms with Crippen molar-refractivity contribution >= 4 is 16.9 Å². The first-order chi connectivity index (χ1) is 8.79. The second-order valence-electron chi connectivity index (χ2n) is 4.67. The molecule has 0 unspecified atom stereocenters. The summed E-state index contributed by atoms with van der Waals surface area (Å²) in [6.07, 6.45) is 3.86. The molecular formula is C12H17N5O. The second kappa shape index (κ2) is 4.53. The van der Waals surface area contributed by atoms with Crippen molar-refractivity contribution in [3.8, 4) is 0 Å². The zero-order valence-electron chi connectivity index (χ0n) is 10.4. The number of aliphatic hydroxyl groups excluding tert-OH is 1. The molecule has 1 fully saturated rings. The van der Waals surface area contributed by atoms with Crippen LogP contribution in [0.25, 0.3) is 11.0 Å². The fourth-order valence-electron chi connectivity index (χ4n) is 2.47. The van der Waals surface area contributed by atoms with Crippen LogP contribution in [0.15, 0.2) is 6.33 Å². The van der Waals surface area contributed by atoms with Crippen LogP contribution < -0.4 is 4.90 Å². The summed E-state index contributed by atoms with van der Waals surface area (Å²) in [6, 6.07) is 0. The van der Waals surface area contributed by atoms with Gasteiger partial charge in [0.2, 0.25) is 0 Å². The minimum Gasteiger partial charge on any atom is -0.393 e. The van der Waals surface area contributed by atoms with Crippen LogP contribution in [-0.2, 0) is 6.42 Å². The van der Waals surface area contributed by atoms with Gasteiger partial charge in [0.1, 0.15) is 12.1 Å². The highest BCUT2D eigenvalue weighted by molar-refractivity contribution is 5.89. The molecule has 0 bridgehead atoms. The predicted molar refractivity (Wildman–Crippen MR) is 68.5 cm³/mol. The largest absolute Gasteiger partial charge is 0.393 e. The average molecular weight is 247 g/mol. The van der Waals surface area contributed by atoms with Crippen molar-refractivity contribution in [1.82, 2.24) is 20.2 Å². The molecule has 0 spiro atoms. The number of fused-ring (bicyclic) bond motifs is 1. The molecule has 18 heavy (non-hydrogen) atoms. The minimum atomic E-state index is -0.173. The number of aliphatic hydroxyl groups is 1. The Hall–Kier alpha value is -1.69. The van der Waals surface area contributed by atoms with E-state index >= 15 is 0 Å². The van der Waals surface area contributed by atoms with E-state index in [-0.39, 0.29) is 6.10 Å². The molecule has 0 aliphatic carbocycles. The lowest BCUT2D eigenvalue weighted by molar-refractivity contribution is 0.145. The SMILES string of the molecule is CCc1[nH]nc2ncnc(N3CCC(O)CC3)c12. The molecule has 0 amide bonds. The van der Waals surface area contributed by atoms with Crippen LogP contribution in [0.5, 0.6) is 0 Å². The third-order valence-electron chi connectivity index (χ3n) is 3.52. The Balaban J connectivity index is 2.02. The van der Waals surface area contributed by atoms with Crippen LogP contribution in [0, 0.1) is 0 Å². The van der Waals surface area contributed by atoms with Crippen LogP contribution in [0.4, 0.5) is 5.82 Å². The number of hydrogen-bond acceptors (Lipinski definition) is 5. The molecule has 6 heteroatoms. The zero-order valence-corrected chi connectivity index (χ0v) is 10.4. The smallest absolute Gasteiger partial charge is 0.186 e. The van der Waals surface area contributed by atoms with Crippen molar-refractivity contribution in [3.63, 3.8) is 0 Å². The van der Waals surface area contributed by atoms with Gasteiger partial charge in [0, 0.05) is 18.8 Å². The summed E-state index contributed by atoms with van der Waals surface area (Å²) < 4.78 is 0. The van der Waals surface area contributed by atoms with Gasteiger partial charge in [-0.1, -0.05) is 6.92 Å². The molecule has 2 aromatic heterocycles. The summed E-state index contributed by atoms with van der Waals surface area (Å²) in [7, 11) is 0. The van der Waals surface area contributed by atoms with Crippen LogP contribution in [0.1, 0.15) is 25.5 Å². The molecule has 1 saturated heterocycles. The quantitative estimate of drug-likeness (QED) is 0.823. The van der Waals surface area contributed by atoms with E-state index in [1.807, 2.05) is 0 Å². The molecule has 2 N–H and O–H groups in total. The number of nitrogens with zero attached hydrogens (tertiary/aromatic N) is 4. The highest BCUT2D eigenvalue weighted by Gasteiger charge is 2.22. The maximum absolute atomic E-state index is 9.57. The Morgan fingerprint density at radius 2 is 2.17 bits per heavy atom. The molecule has 96 valence electrons. The first-order valence-electron chi connectivity index (χ1n) is 6.40. The van der Waals surface area contributed by atoms with Crippen LogP contribution >= 0.6 is 0 Å². The van der Waals surface area contributed by atoms with Crippen LogP contribution in [0.3, 0.4) is 0 Å². The molecule has 0 atom stereocenters.